The lowest BCUT2D eigenvalue weighted by Crippen LogP contribution is -2.52. The topological polar surface area (TPSA) is 49.4 Å². The van der Waals surface area contributed by atoms with Crippen LogP contribution >= 0.6 is 12.2 Å². The molecule has 1 aromatic rings. The largest absolute Gasteiger partial charge is 0.302 e. The normalized spacial score (nSPS) is 16.2. The molecule has 4 nitrogen and oxygen atoms in total. The van der Waals surface area contributed by atoms with E-state index in [1.807, 2.05) is 24.3 Å². The van der Waals surface area contributed by atoms with Crippen LogP contribution in [0.3, 0.4) is 0 Å². The third-order valence-electron chi connectivity index (χ3n) is 2.83. The fraction of sp³-hybridized carbons (Fsp3) is 0.308. The minimum absolute atomic E-state index is 0.147. The van der Waals surface area contributed by atoms with Crippen molar-refractivity contribution in [3.05, 3.63) is 29.8 Å². The van der Waals surface area contributed by atoms with E-state index in [1.165, 1.54) is 10.5 Å². The van der Waals surface area contributed by atoms with Gasteiger partial charge in [-0.05, 0) is 35.8 Å². The molecule has 18 heavy (non-hydrogen) atoms. The maximum atomic E-state index is 11.8. The van der Waals surface area contributed by atoms with Crippen molar-refractivity contribution in [2.75, 3.05) is 4.90 Å². The van der Waals surface area contributed by atoms with Gasteiger partial charge in [-0.2, -0.15) is 0 Å². The second-order valence-corrected chi connectivity index (χ2v) is 4.89. The quantitative estimate of drug-likeness (QED) is 0.654. The molecule has 0 radical (unpaired) electrons. The van der Waals surface area contributed by atoms with E-state index in [0.29, 0.717) is 11.6 Å². The van der Waals surface area contributed by atoms with Crippen molar-refractivity contribution in [1.29, 1.82) is 0 Å². The number of benzene rings is 1. The van der Waals surface area contributed by atoms with Gasteiger partial charge in [-0.1, -0.05) is 26.0 Å². The fourth-order valence-corrected chi connectivity index (χ4v) is 2.14. The molecule has 1 saturated heterocycles. The van der Waals surface area contributed by atoms with E-state index in [4.69, 9.17) is 12.2 Å². The van der Waals surface area contributed by atoms with Crippen LogP contribution in [0, 0.1) is 0 Å². The van der Waals surface area contributed by atoms with Gasteiger partial charge in [0, 0.05) is 0 Å². The molecule has 94 valence electrons. The van der Waals surface area contributed by atoms with E-state index in [9.17, 15) is 9.59 Å². The number of anilines is 1. The summed E-state index contributed by atoms with van der Waals surface area (Å²) in [5.74, 6) is -0.205. The molecule has 0 aromatic heterocycles. The van der Waals surface area contributed by atoms with Crippen LogP contribution in [0.4, 0.5) is 5.69 Å². The minimum Gasteiger partial charge on any atom is -0.302 e. The predicted octanol–water partition coefficient (Wildman–Crippen LogP) is 1.95. The number of nitrogens with zero attached hydrogens (tertiary/aromatic N) is 1. The number of rotatable bonds is 2. The summed E-state index contributed by atoms with van der Waals surface area (Å²) in [6.07, 6.45) is -0.161. The molecular formula is C13H14N2O2S. The highest BCUT2D eigenvalue weighted by atomic mass is 32.1. The Kier molecular flexibility index (Phi) is 3.43. The molecule has 0 aliphatic carbocycles. The first-order chi connectivity index (χ1) is 8.49. The summed E-state index contributed by atoms with van der Waals surface area (Å²) < 4.78 is 0. The molecule has 2 amide bonds. The molecule has 0 bridgehead atoms. The zero-order valence-electron chi connectivity index (χ0n) is 10.3. The highest BCUT2D eigenvalue weighted by Crippen LogP contribution is 2.22. The number of amides is 2. The fourth-order valence-electron chi connectivity index (χ4n) is 1.82. The average molecular weight is 262 g/mol. The Morgan fingerprint density at radius 1 is 1.22 bits per heavy atom. The van der Waals surface area contributed by atoms with Crippen LogP contribution in [-0.4, -0.2) is 16.9 Å². The predicted molar refractivity (Wildman–Crippen MR) is 73.4 cm³/mol. The summed E-state index contributed by atoms with van der Waals surface area (Å²) in [6.45, 7) is 4.21. The number of nitrogens with one attached hydrogen (secondary N) is 1. The SMILES string of the molecule is CC(C)c1ccc(N2C(=O)CC(=O)NC2=S)cc1. The molecule has 1 aliphatic heterocycles. The summed E-state index contributed by atoms with van der Waals surface area (Å²) >= 11 is 5.02. The van der Waals surface area contributed by atoms with Crippen molar-refractivity contribution in [2.45, 2.75) is 26.2 Å². The van der Waals surface area contributed by atoms with Gasteiger partial charge < -0.3 is 5.32 Å². The van der Waals surface area contributed by atoms with Crippen LogP contribution in [0.15, 0.2) is 24.3 Å². The van der Waals surface area contributed by atoms with Crippen molar-refractivity contribution in [3.63, 3.8) is 0 Å². The number of thiocarbonyl (C=S) groups is 1. The second-order valence-electron chi connectivity index (χ2n) is 4.51. The number of carbonyl (C=O) groups is 2. The van der Waals surface area contributed by atoms with E-state index in [-0.39, 0.29) is 23.3 Å². The molecule has 0 spiro atoms. The van der Waals surface area contributed by atoms with Crippen molar-refractivity contribution >= 4 is 34.8 Å². The number of hydrogen-bond acceptors (Lipinski definition) is 3. The van der Waals surface area contributed by atoms with Crippen LogP contribution < -0.4 is 10.2 Å². The molecule has 2 rings (SSSR count). The molecule has 1 heterocycles. The number of carbonyl (C=O) groups excluding carboxylic acids is 2. The van der Waals surface area contributed by atoms with E-state index in [1.54, 1.807) is 0 Å². The lowest BCUT2D eigenvalue weighted by molar-refractivity contribution is -0.127. The van der Waals surface area contributed by atoms with Crippen LogP contribution in [0.2, 0.25) is 0 Å². The Morgan fingerprint density at radius 2 is 1.83 bits per heavy atom. The summed E-state index contributed by atoms with van der Waals surface area (Å²) in [5.41, 5.74) is 1.88. The summed E-state index contributed by atoms with van der Waals surface area (Å²) in [5, 5.41) is 2.64. The Bertz CT molecular complexity index is 488. The first-order valence-corrected chi connectivity index (χ1v) is 6.16. The van der Waals surface area contributed by atoms with Gasteiger partial charge in [0.25, 0.3) is 0 Å². The van der Waals surface area contributed by atoms with E-state index in [2.05, 4.69) is 19.2 Å². The maximum absolute atomic E-state index is 11.8. The van der Waals surface area contributed by atoms with Crippen LogP contribution in [-0.2, 0) is 9.59 Å². The molecule has 0 atom stereocenters. The van der Waals surface area contributed by atoms with E-state index < -0.39 is 0 Å². The second kappa shape index (κ2) is 4.86. The van der Waals surface area contributed by atoms with Gasteiger partial charge in [0.1, 0.15) is 6.42 Å². The highest BCUT2D eigenvalue weighted by Gasteiger charge is 2.29. The van der Waals surface area contributed by atoms with Gasteiger partial charge in [-0.3, -0.25) is 14.5 Å². The first kappa shape index (κ1) is 12.7. The molecular weight excluding hydrogens is 248 g/mol. The van der Waals surface area contributed by atoms with Crippen molar-refractivity contribution in [3.8, 4) is 0 Å². The van der Waals surface area contributed by atoms with E-state index >= 15 is 0 Å². The van der Waals surface area contributed by atoms with Gasteiger partial charge in [-0.25, -0.2) is 0 Å². The Balaban J connectivity index is 2.28. The van der Waals surface area contributed by atoms with Crippen LogP contribution in [0.25, 0.3) is 0 Å². The Labute approximate surface area is 111 Å². The third-order valence-corrected chi connectivity index (χ3v) is 3.11. The molecule has 0 unspecified atom stereocenters. The Morgan fingerprint density at radius 3 is 2.33 bits per heavy atom. The Hall–Kier alpha value is -1.75. The van der Waals surface area contributed by atoms with Gasteiger partial charge in [0.15, 0.2) is 5.11 Å². The minimum atomic E-state index is -0.347. The molecule has 1 aliphatic rings. The lowest BCUT2D eigenvalue weighted by atomic mass is 10.0. The summed E-state index contributed by atoms with van der Waals surface area (Å²) in [6, 6.07) is 7.62. The number of hydrogen-bond donors (Lipinski definition) is 1. The molecule has 1 fully saturated rings. The van der Waals surface area contributed by atoms with Crippen molar-refractivity contribution < 1.29 is 9.59 Å². The molecule has 1 aromatic carbocycles. The van der Waals surface area contributed by atoms with E-state index in [0.717, 1.165) is 0 Å². The third kappa shape index (κ3) is 2.41. The molecule has 1 N–H and O–H groups in total. The van der Waals surface area contributed by atoms with Gasteiger partial charge in [-0.15, -0.1) is 0 Å². The first-order valence-electron chi connectivity index (χ1n) is 5.76. The monoisotopic (exact) mass is 262 g/mol. The van der Waals surface area contributed by atoms with Gasteiger partial charge in [0.2, 0.25) is 11.8 Å². The highest BCUT2D eigenvalue weighted by molar-refractivity contribution is 7.80. The molecule has 0 saturated carbocycles. The standard InChI is InChI=1S/C13H14N2O2S/c1-8(2)9-3-5-10(6-4-9)15-12(17)7-11(16)14-13(15)18/h3-6,8H,7H2,1-2H3,(H,14,16,18). The van der Waals surface area contributed by atoms with Crippen molar-refractivity contribution in [2.24, 2.45) is 0 Å². The zero-order valence-corrected chi connectivity index (χ0v) is 11.1. The lowest BCUT2D eigenvalue weighted by Gasteiger charge is -2.27. The summed E-state index contributed by atoms with van der Waals surface area (Å²) in [7, 11) is 0. The van der Waals surface area contributed by atoms with Gasteiger partial charge in [0.05, 0.1) is 5.69 Å². The molecule has 5 heteroatoms. The zero-order chi connectivity index (χ0) is 13.3. The van der Waals surface area contributed by atoms with Crippen molar-refractivity contribution in [1.82, 2.24) is 5.32 Å². The summed E-state index contributed by atoms with van der Waals surface area (Å²) in [4.78, 5) is 24.3. The van der Waals surface area contributed by atoms with Crippen LogP contribution in [0.5, 0.6) is 0 Å². The maximum Gasteiger partial charge on any atom is 0.242 e. The smallest absolute Gasteiger partial charge is 0.242 e. The van der Waals surface area contributed by atoms with Gasteiger partial charge >= 0.3 is 0 Å². The average Bonchev–Trinajstić information content (AvgIpc) is 2.28. The van der Waals surface area contributed by atoms with Crippen LogP contribution in [0.1, 0.15) is 31.7 Å².